The first-order valence-corrected chi connectivity index (χ1v) is 7.71. The molecule has 0 fully saturated rings. The van der Waals surface area contributed by atoms with Crippen molar-refractivity contribution in [2.24, 2.45) is 0 Å². The zero-order chi connectivity index (χ0) is 16.0. The highest BCUT2D eigenvalue weighted by Gasteiger charge is 2.12. The van der Waals surface area contributed by atoms with Crippen LogP contribution in [0, 0.1) is 0 Å². The van der Waals surface area contributed by atoms with Gasteiger partial charge < -0.3 is 5.11 Å². The number of carboxylic acids is 1. The second kappa shape index (κ2) is 5.03. The first-order valence-electron chi connectivity index (χ1n) is 6.89. The summed E-state index contributed by atoms with van der Waals surface area (Å²) in [6.45, 7) is 0. The number of rotatable bonds is 2. The Kier molecular flexibility index (Phi) is 2.99. The van der Waals surface area contributed by atoms with Gasteiger partial charge in [-0.2, -0.15) is 0 Å². The number of aromatic nitrogens is 2. The molecule has 2 aromatic carbocycles. The molecule has 6 heteroatoms. The number of fused-ring (bicyclic) bond motifs is 3. The molecule has 0 unspecified atom stereocenters. The predicted molar refractivity (Wildman–Crippen MR) is 89.0 cm³/mol. The van der Waals surface area contributed by atoms with Crippen LogP contribution in [0.4, 0.5) is 0 Å². The third-order valence-corrected chi connectivity index (χ3v) is 4.59. The Morgan fingerprint density at radius 3 is 2.70 bits per heavy atom. The van der Waals surface area contributed by atoms with Crippen molar-refractivity contribution in [1.82, 2.24) is 9.38 Å². The van der Waals surface area contributed by atoms with Crippen molar-refractivity contribution in [2.45, 2.75) is 0 Å². The molecule has 0 atom stereocenters. The highest BCUT2D eigenvalue weighted by atomic mass is 32.1. The lowest BCUT2D eigenvalue weighted by Gasteiger charge is -1.98. The number of carbonyl (C=O) groups is 1. The van der Waals surface area contributed by atoms with Gasteiger partial charge in [-0.15, -0.1) is 0 Å². The molecule has 0 aliphatic rings. The average molecular weight is 322 g/mol. The molecule has 0 radical (unpaired) electrons. The van der Waals surface area contributed by atoms with Gasteiger partial charge in [-0.05, 0) is 29.8 Å². The normalized spacial score (nSPS) is 12.3. The van der Waals surface area contributed by atoms with Crippen molar-refractivity contribution in [3.8, 4) is 0 Å². The van der Waals surface area contributed by atoms with Gasteiger partial charge in [-0.1, -0.05) is 41.7 Å². The van der Waals surface area contributed by atoms with Crippen LogP contribution in [0.15, 0.2) is 53.3 Å². The third kappa shape index (κ3) is 2.11. The second-order valence-electron chi connectivity index (χ2n) is 5.03. The fourth-order valence-corrected chi connectivity index (χ4v) is 3.55. The Bertz CT molecular complexity index is 1170. The zero-order valence-corrected chi connectivity index (χ0v) is 12.6. The van der Waals surface area contributed by atoms with Gasteiger partial charge in [-0.25, -0.2) is 14.2 Å². The van der Waals surface area contributed by atoms with E-state index in [0.717, 1.165) is 11.0 Å². The average Bonchev–Trinajstić information content (AvgIpc) is 3.05. The Labute approximate surface area is 133 Å². The SMILES string of the molecule is O=C(O)c1ccccc1C=c1sc2nc3ccccc3n2c1=O. The largest absolute Gasteiger partial charge is 0.478 e. The minimum absolute atomic E-state index is 0.169. The fraction of sp³-hybridized carbons (Fsp3) is 0. The summed E-state index contributed by atoms with van der Waals surface area (Å²) in [5.74, 6) is -1.02. The lowest BCUT2D eigenvalue weighted by atomic mass is 10.1. The van der Waals surface area contributed by atoms with Crippen LogP contribution in [0.25, 0.3) is 22.1 Å². The Morgan fingerprint density at radius 1 is 1.13 bits per heavy atom. The standard InChI is InChI=1S/C17H10N2O3S/c20-15-14(9-10-5-1-2-6-11(10)16(21)22)23-17-18-12-7-3-4-8-13(12)19(15)17/h1-9H,(H,21,22). The van der Waals surface area contributed by atoms with E-state index >= 15 is 0 Å². The van der Waals surface area contributed by atoms with Crippen molar-refractivity contribution in [3.05, 3.63) is 74.5 Å². The van der Waals surface area contributed by atoms with E-state index in [0.29, 0.717) is 15.1 Å². The highest BCUT2D eigenvalue weighted by Crippen LogP contribution is 2.16. The monoisotopic (exact) mass is 322 g/mol. The van der Waals surface area contributed by atoms with E-state index in [-0.39, 0.29) is 11.1 Å². The molecule has 0 aliphatic heterocycles. The van der Waals surface area contributed by atoms with Crippen LogP contribution in [0.5, 0.6) is 0 Å². The number of para-hydroxylation sites is 2. The molecule has 0 amide bonds. The number of hydrogen-bond donors (Lipinski definition) is 1. The maximum Gasteiger partial charge on any atom is 0.336 e. The van der Waals surface area contributed by atoms with Gasteiger partial charge in [0, 0.05) is 0 Å². The van der Waals surface area contributed by atoms with E-state index in [1.54, 1.807) is 28.7 Å². The smallest absolute Gasteiger partial charge is 0.336 e. The molecule has 112 valence electrons. The zero-order valence-electron chi connectivity index (χ0n) is 11.8. The van der Waals surface area contributed by atoms with Gasteiger partial charge in [0.05, 0.1) is 21.1 Å². The van der Waals surface area contributed by atoms with Crippen LogP contribution in [-0.4, -0.2) is 20.5 Å². The minimum atomic E-state index is -1.02. The Hall–Kier alpha value is -2.99. The second-order valence-corrected chi connectivity index (χ2v) is 6.04. The number of imidazole rings is 1. The highest BCUT2D eigenvalue weighted by molar-refractivity contribution is 7.15. The van der Waals surface area contributed by atoms with Crippen molar-refractivity contribution in [1.29, 1.82) is 0 Å². The van der Waals surface area contributed by atoms with Gasteiger partial charge in [0.1, 0.15) is 0 Å². The molecule has 2 aromatic heterocycles. The van der Waals surface area contributed by atoms with Crippen molar-refractivity contribution < 1.29 is 9.90 Å². The quantitative estimate of drug-likeness (QED) is 0.614. The molecule has 0 spiro atoms. The molecule has 4 aromatic rings. The van der Waals surface area contributed by atoms with Crippen LogP contribution in [0.2, 0.25) is 0 Å². The fourth-order valence-electron chi connectivity index (χ4n) is 2.57. The lowest BCUT2D eigenvalue weighted by Crippen LogP contribution is -2.23. The van der Waals surface area contributed by atoms with E-state index in [9.17, 15) is 14.7 Å². The van der Waals surface area contributed by atoms with Gasteiger partial charge in [0.15, 0.2) is 4.96 Å². The molecule has 5 nitrogen and oxygen atoms in total. The lowest BCUT2D eigenvalue weighted by molar-refractivity contribution is 0.0696. The molecule has 0 saturated heterocycles. The molecular weight excluding hydrogens is 312 g/mol. The van der Waals surface area contributed by atoms with Gasteiger partial charge >= 0.3 is 5.97 Å². The van der Waals surface area contributed by atoms with Gasteiger partial charge in [0.25, 0.3) is 5.56 Å². The number of hydrogen-bond acceptors (Lipinski definition) is 4. The summed E-state index contributed by atoms with van der Waals surface area (Å²) in [5, 5.41) is 9.24. The molecule has 1 N–H and O–H groups in total. The molecule has 0 saturated carbocycles. The Morgan fingerprint density at radius 2 is 1.87 bits per heavy atom. The first-order chi connectivity index (χ1) is 11.1. The molecule has 4 rings (SSSR count). The number of carboxylic acid groups (broad SMARTS) is 1. The third-order valence-electron chi connectivity index (χ3n) is 3.62. The summed E-state index contributed by atoms with van der Waals surface area (Å²) in [6.07, 6.45) is 1.61. The van der Waals surface area contributed by atoms with Crippen LogP contribution >= 0.6 is 11.3 Å². The number of benzene rings is 2. The van der Waals surface area contributed by atoms with Crippen molar-refractivity contribution in [2.75, 3.05) is 0 Å². The van der Waals surface area contributed by atoms with Crippen molar-refractivity contribution in [3.63, 3.8) is 0 Å². The van der Waals surface area contributed by atoms with Crippen LogP contribution in [0.1, 0.15) is 15.9 Å². The summed E-state index contributed by atoms with van der Waals surface area (Å²) in [4.78, 5) is 29.0. The maximum absolute atomic E-state index is 12.6. The number of nitrogens with zero attached hydrogens (tertiary/aromatic N) is 2. The summed E-state index contributed by atoms with van der Waals surface area (Å²) in [5.41, 5.74) is 2.02. The topological polar surface area (TPSA) is 71.7 Å². The molecule has 2 heterocycles. The van der Waals surface area contributed by atoms with E-state index in [4.69, 9.17) is 0 Å². The summed E-state index contributed by atoms with van der Waals surface area (Å²) in [6, 6.07) is 14.0. The molecular formula is C17H10N2O3S. The summed E-state index contributed by atoms with van der Waals surface area (Å²) < 4.78 is 2.03. The number of aromatic carboxylic acids is 1. The van der Waals surface area contributed by atoms with Crippen LogP contribution < -0.4 is 10.1 Å². The number of thiazole rings is 1. The van der Waals surface area contributed by atoms with E-state index in [1.807, 2.05) is 24.3 Å². The molecule has 0 bridgehead atoms. The maximum atomic E-state index is 12.6. The first kappa shape index (κ1) is 13.7. The summed E-state index contributed by atoms with van der Waals surface area (Å²) >= 11 is 1.26. The summed E-state index contributed by atoms with van der Waals surface area (Å²) in [7, 11) is 0. The van der Waals surface area contributed by atoms with E-state index < -0.39 is 5.97 Å². The van der Waals surface area contributed by atoms with E-state index in [1.165, 1.54) is 17.4 Å². The minimum Gasteiger partial charge on any atom is -0.478 e. The van der Waals surface area contributed by atoms with Crippen molar-refractivity contribution >= 4 is 39.4 Å². The molecule has 23 heavy (non-hydrogen) atoms. The van der Waals surface area contributed by atoms with Crippen LogP contribution in [-0.2, 0) is 0 Å². The van der Waals surface area contributed by atoms with Crippen LogP contribution in [0.3, 0.4) is 0 Å². The van der Waals surface area contributed by atoms with Gasteiger partial charge in [-0.3, -0.25) is 4.79 Å². The predicted octanol–water partition coefficient (Wildman–Crippen LogP) is 2.16. The van der Waals surface area contributed by atoms with Gasteiger partial charge in [0.2, 0.25) is 0 Å². The van der Waals surface area contributed by atoms with E-state index in [2.05, 4.69) is 4.98 Å². The Balaban J connectivity index is 2.02. The molecule has 0 aliphatic carbocycles.